The van der Waals surface area contributed by atoms with Crippen molar-refractivity contribution in [2.45, 2.75) is 6.92 Å². The predicted octanol–water partition coefficient (Wildman–Crippen LogP) is 3.56. The van der Waals surface area contributed by atoms with E-state index in [1.165, 1.54) is 13.0 Å². The van der Waals surface area contributed by atoms with E-state index in [-0.39, 0.29) is 11.7 Å². The van der Waals surface area contributed by atoms with Crippen LogP contribution in [0.15, 0.2) is 48.5 Å². The second-order valence-corrected chi connectivity index (χ2v) is 5.04. The maximum absolute atomic E-state index is 12.1. The molecule has 0 atom stereocenters. The first-order valence-electron chi connectivity index (χ1n) is 7.36. The van der Waals surface area contributed by atoms with Crippen LogP contribution in [0, 0.1) is 0 Å². The molecular formula is C19H19NO4. The molecule has 0 unspecified atom stereocenters. The fraction of sp³-hybridized carbons (Fsp3) is 0.158. The number of anilines is 1. The zero-order valence-corrected chi connectivity index (χ0v) is 13.8. The molecule has 5 heteroatoms. The van der Waals surface area contributed by atoms with Crippen LogP contribution in [-0.4, -0.2) is 25.9 Å². The Hall–Kier alpha value is -3.08. The molecule has 0 aliphatic heterocycles. The Labute approximate surface area is 140 Å². The maximum atomic E-state index is 12.1. The summed E-state index contributed by atoms with van der Waals surface area (Å²) in [6.07, 6.45) is 3.02. The molecule has 5 nitrogen and oxygen atoms in total. The minimum absolute atomic E-state index is 0.0552. The van der Waals surface area contributed by atoms with Crippen molar-refractivity contribution in [2.75, 3.05) is 19.5 Å². The fourth-order valence-corrected chi connectivity index (χ4v) is 2.20. The van der Waals surface area contributed by atoms with E-state index >= 15 is 0 Å². The molecule has 0 saturated carbocycles. The molecule has 2 aromatic carbocycles. The summed E-state index contributed by atoms with van der Waals surface area (Å²) in [5.41, 5.74) is 1.78. The minimum atomic E-state index is -0.316. The normalized spacial score (nSPS) is 10.5. The monoisotopic (exact) mass is 325 g/mol. The number of carbonyl (C=O) groups excluding carboxylic acids is 2. The molecule has 0 saturated heterocycles. The summed E-state index contributed by atoms with van der Waals surface area (Å²) >= 11 is 0. The number of methoxy groups -OCH3 is 2. The molecule has 2 aromatic rings. The SMILES string of the molecule is COc1cccc(OC)c1/C=C/C(=O)Nc1cccc(C(C)=O)c1. The van der Waals surface area contributed by atoms with Crippen LogP contribution >= 0.6 is 0 Å². The Morgan fingerprint density at radius 2 is 1.62 bits per heavy atom. The second kappa shape index (κ2) is 7.97. The molecule has 0 aromatic heterocycles. The lowest BCUT2D eigenvalue weighted by atomic mass is 10.1. The molecule has 24 heavy (non-hydrogen) atoms. The first-order valence-corrected chi connectivity index (χ1v) is 7.36. The van der Waals surface area contributed by atoms with Gasteiger partial charge in [-0.15, -0.1) is 0 Å². The third-order valence-electron chi connectivity index (χ3n) is 3.40. The van der Waals surface area contributed by atoms with Crippen molar-refractivity contribution in [1.29, 1.82) is 0 Å². The van der Waals surface area contributed by atoms with Crippen molar-refractivity contribution in [3.63, 3.8) is 0 Å². The number of carbonyl (C=O) groups is 2. The van der Waals surface area contributed by atoms with E-state index in [0.717, 1.165) is 0 Å². The number of Topliss-reactive ketones (excluding diaryl/α,β-unsaturated/α-hetero) is 1. The molecule has 0 spiro atoms. The quantitative estimate of drug-likeness (QED) is 0.651. The molecule has 1 amide bonds. The Morgan fingerprint density at radius 1 is 1.00 bits per heavy atom. The highest BCUT2D eigenvalue weighted by Gasteiger charge is 2.07. The number of hydrogen-bond donors (Lipinski definition) is 1. The highest BCUT2D eigenvalue weighted by molar-refractivity contribution is 6.03. The first kappa shape index (κ1) is 17.3. The standard InChI is InChI=1S/C19H19NO4/c1-13(21)14-6-4-7-15(12-14)20-19(22)11-10-16-17(23-2)8-5-9-18(16)24-3/h4-12H,1-3H3,(H,20,22)/b11-10+. The summed E-state index contributed by atoms with van der Waals surface area (Å²) in [6, 6.07) is 12.2. The number of nitrogens with one attached hydrogen (secondary N) is 1. The van der Waals surface area contributed by atoms with E-state index in [0.29, 0.717) is 28.3 Å². The number of amides is 1. The van der Waals surface area contributed by atoms with Gasteiger partial charge in [0.05, 0.1) is 19.8 Å². The van der Waals surface area contributed by atoms with Gasteiger partial charge in [0.25, 0.3) is 0 Å². The van der Waals surface area contributed by atoms with Gasteiger partial charge in [0, 0.05) is 17.3 Å². The zero-order chi connectivity index (χ0) is 17.5. The summed E-state index contributed by atoms with van der Waals surface area (Å²) in [5.74, 6) is 0.845. The average Bonchev–Trinajstić information content (AvgIpc) is 2.59. The number of benzene rings is 2. The summed E-state index contributed by atoms with van der Waals surface area (Å²) in [4.78, 5) is 23.5. The van der Waals surface area contributed by atoms with Crippen LogP contribution in [0.25, 0.3) is 6.08 Å². The largest absolute Gasteiger partial charge is 0.496 e. The van der Waals surface area contributed by atoms with Gasteiger partial charge in [-0.25, -0.2) is 0 Å². The van der Waals surface area contributed by atoms with E-state index in [1.54, 1.807) is 56.7 Å². The lowest BCUT2D eigenvalue weighted by Crippen LogP contribution is -2.08. The molecule has 2 rings (SSSR count). The van der Waals surface area contributed by atoms with Crippen LogP contribution in [-0.2, 0) is 4.79 Å². The van der Waals surface area contributed by atoms with Gasteiger partial charge in [-0.3, -0.25) is 9.59 Å². The molecule has 0 aliphatic carbocycles. The highest BCUT2D eigenvalue weighted by Crippen LogP contribution is 2.29. The average molecular weight is 325 g/mol. The van der Waals surface area contributed by atoms with Gasteiger partial charge in [-0.2, -0.15) is 0 Å². The third kappa shape index (κ3) is 4.23. The van der Waals surface area contributed by atoms with E-state index in [4.69, 9.17) is 9.47 Å². The number of ketones is 1. The minimum Gasteiger partial charge on any atom is -0.496 e. The van der Waals surface area contributed by atoms with Crippen molar-refractivity contribution in [3.8, 4) is 11.5 Å². The smallest absolute Gasteiger partial charge is 0.248 e. The van der Waals surface area contributed by atoms with Gasteiger partial charge >= 0.3 is 0 Å². The van der Waals surface area contributed by atoms with E-state index in [1.807, 2.05) is 6.07 Å². The lowest BCUT2D eigenvalue weighted by molar-refractivity contribution is -0.111. The van der Waals surface area contributed by atoms with Crippen LogP contribution < -0.4 is 14.8 Å². The van der Waals surface area contributed by atoms with E-state index < -0.39 is 0 Å². The Balaban J connectivity index is 2.17. The van der Waals surface area contributed by atoms with Crippen molar-refractivity contribution < 1.29 is 19.1 Å². The van der Waals surface area contributed by atoms with Gasteiger partial charge in [0.1, 0.15) is 11.5 Å². The lowest BCUT2D eigenvalue weighted by Gasteiger charge is -2.09. The summed E-state index contributed by atoms with van der Waals surface area (Å²) in [6.45, 7) is 1.48. The molecule has 0 bridgehead atoms. The highest BCUT2D eigenvalue weighted by atomic mass is 16.5. The summed E-state index contributed by atoms with van der Waals surface area (Å²) in [7, 11) is 3.11. The van der Waals surface area contributed by atoms with Crippen LogP contribution in [0.2, 0.25) is 0 Å². The van der Waals surface area contributed by atoms with Gasteiger partial charge in [0.2, 0.25) is 5.91 Å². The van der Waals surface area contributed by atoms with Gasteiger partial charge in [-0.05, 0) is 37.3 Å². The molecule has 0 heterocycles. The maximum Gasteiger partial charge on any atom is 0.248 e. The molecule has 0 aliphatic rings. The zero-order valence-electron chi connectivity index (χ0n) is 13.8. The Kier molecular flexibility index (Phi) is 5.73. The van der Waals surface area contributed by atoms with E-state index in [2.05, 4.69) is 5.32 Å². The molecular weight excluding hydrogens is 306 g/mol. The summed E-state index contributed by atoms with van der Waals surface area (Å²) in [5, 5.41) is 2.72. The topological polar surface area (TPSA) is 64.6 Å². The number of ether oxygens (including phenoxy) is 2. The van der Waals surface area contributed by atoms with E-state index in [9.17, 15) is 9.59 Å². The fourth-order valence-electron chi connectivity index (χ4n) is 2.20. The van der Waals surface area contributed by atoms with Crippen molar-refractivity contribution in [3.05, 3.63) is 59.7 Å². The van der Waals surface area contributed by atoms with Gasteiger partial charge in [0.15, 0.2) is 5.78 Å². The van der Waals surface area contributed by atoms with Crippen molar-refractivity contribution >= 4 is 23.5 Å². The van der Waals surface area contributed by atoms with Crippen LogP contribution in [0.4, 0.5) is 5.69 Å². The Morgan fingerprint density at radius 3 is 2.21 bits per heavy atom. The van der Waals surface area contributed by atoms with Crippen LogP contribution in [0.3, 0.4) is 0 Å². The Bertz CT molecular complexity index is 758. The summed E-state index contributed by atoms with van der Waals surface area (Å²) < 4.78 is 10.6. The molecule has 1 N–H and O–H groups in total. The van der Waals surface area contributed by atoms with Crippen molar-refractivity contribution in [2.24, 2.45) is 0 Å². The number of rotatable bonds is 6. The number of hydrogen-bond acceptors (Lipinski definition) is 4. The van der Waals surface area contributed by atoms with Gasteiger partial charge < -0.3 is 14.8 Å². The van der Waals surface area contributed by atoms with Crippen molar-refractivity contribution in [1.82, 2.24) is 0 Å². The predicted molar refractivity (Wildman–Crippen MR) is 93.7 cm³/mol. The van der Waals surface area contributed by atoms with Gasteiger partial charge in [-0.1, -0.05) is 18.2 Å². The van der Waals surface area contributed by atoms with Crippen LogP contribution in [0.1, 0.15) is 22.8 Å². The third-order valence-corrected chi connectivity index (χ3v) is 3.40. The molecule has 0 radical (unpaired) electrons. The second-order valence-electron chi connectivity index (χ2n) is 5.04. The van der Waals surface area contributed by atoms with Crippen LogP contribution in [0.5, 0.6) is 11.5 Å². The molecule has 124 valence electrons. The molecule has 0 fully saturated rings. The first-order chi connectivity index (χ1) is 11.5.